The summed E-state index contributed by atoms with van der Waals surface area (Å²) < 4.78 is 39.8. The average Bonchev–Trinajstić information content (AvgIpc) is 3.12. The van der Waals surface area contributed by atoms with Crippen molar-refractivity contribution in [2.45, 2.75) is 11.4 Å². The van der Waals surface area contributed by atoms with Gasteiger partial charge in [0.15, 0.2) is 9.84 Å². The highest BCUT2D eigenvalue weighted by atomic mass is 32.2. The summed E-state index contributed by atoms with van der Waals surface area (Å²) in [7, 11) is -1.59. The fraction of sp³-hybridized carbons (Fsp3) is 0.120. The lowest BCUT2D eigenvalue weighted by Crippen LogP contribution is -2.07. The number of benzene rings is 3. The highest BCUT2D eigenvalue weighted by Crippen LogP contribution is 2.31. The number of para-hydroxylation sites is 1. The second-order valence-corrected chi connectivity index (χ2v) is 9.98. The molecule has 8 heteroatoms. The van der Waals surface area contributed by atoms with Gasteiger partial charge in [-0.1, -0.05) is 18.2 Å². The number of rotatable bonds is 5. The van der Waals surface area contributed by atoms with Crippen LogP contribution in [0, 0.1) is 5.82 Å². The van der Waals surface area contributed by atoms with E-state index < -0.39 is 15.7 Å². The van der Waals surface area contributed by atoms with Crippen molar-refractivity contribution in [1.29, 1.82) is 0 Å². The first-order valence-corrected chi connectivity index (χ1v) is 12.2. The largest absolute Gasteiger partial charge is 0.381 e. The fourth-order valence-corrected chi connectivity index (χ4v) is 4.96. The minimum absolute atomic E-state index is 0.113. The molecule has 2 heterocycles. The molecule has 0 spiro atoms. The number of hydrogen-bond donors (Lipinski definition) is 1. The van der Waals surface area contributed by atoms with Gasteiger partial charge in [0.1, 0.15) is 11.5 Å². The zero-order valence-corrected chi connectivity index (χ0v) is 18.9. The van der Waals surface area contributed by atoms with Gasteiger partial charge in [-0.25, -0.2) is 12.8 Å². The Morgan fingerprint density at radius 1 is 1.03 bits per heavy atom. The molecule has 5 aromatic rings. The summed E-state index contributed by atoms with van der Waals surface area (Å²) in [4.78, 5) is 4.67. The maximum absolute atomic E-state index is 13.8. The van der Waals surface area contributed by atoms with E-state index in [2.05, 4.69) is 16.4 Å². The number of sulfone groups is 1. The molecule has 0 aliphatic carbocycles. The van der Waals surface area contributed by atoms with Gasteiger partial charge in [-0.05, 0) is 54.1 Å². The fourth-order valence-electron chi connectivity index (χ4n) is 4.03. The van der Waals surface area contributed by atoms with E-state index in [4.69, 9.17) is 5.10 Å². The van der Waals surface area contributed by atoms with E-state index in [1.807, 2.05) is 60.4 Å². The van der Waals surface area contributed by atoms with Gasteiger partial charge >= 0.3 is 0 Å². The number of aryl methyl sites for hydroxylation is 1. The number of anilines is 1. The summed E-state index contributed by atoms with van der Waals surface area (Å²) in [5.41, 5.74) is 4.72. The third-order valence-corrected chi connectivity index (χ3v) is 6.82. The topological polar surface area (TPSA) is 76.9 Å². The van der Waals surface area contributed by atoms with Crippen LogP contribution < -0.4 is 5.32 Å². The Labute approximate surface area is 190 Å². The van der Waals surface area contributed by atoms with E-state index in [9.17, 15) is 12.8 Å². The third kappa shape index (κ3) is 4.05. The third-order valence-electron chi connectivity index (χ3n) is 5.62. The number of nitrogens with one attached hydrogen (secondary N) is 1. The number of nitrogens with zero attached hydrogens (tertiary/aromatic N) is 3. The number of hydrogen-bond acceptors (Lipinski definition) is 5. The maximum Gasteiger partial charge on any atom is 0.175 e. The van der Waals surface area contributed by atoms with E-state index in [-0.39, 0.29) is 11.4 Å². The summed E-state index contributed by atoms with van der Waals surface area (Å²) in [6.45, 7) is 0.165. The lowest BCUT2D eigenvalue weighted by molar-refractivity contribution is 0.598. The van der Waals surface area contributed by atoms with Gasteiger partial charge in [0.25, 0.3) is 0 Å². The molecule has 0 aliphatic rings. The van der Waals surface area contributed by atoms with Crippen molar-refractivity contribution >= 4 is 37.3 Å². The van der Waals surface area contributed by atoms with Gasteiger partial charge in [0, 0.05) is 48.1 Å². The zero-order valence-electron chi connectivity index (χ0n) is 18.1. The van der Waals surface area contributed by atoms with E-state index >= 15 is 0 Å². The molecule has 0 saturated heterocycles. The molecule has 166 valence electrons. The first-order valence-electron chi connectivity index (χ1n) is 10.3. The summed E-state index contributed by atoms with van der Waals surface area (Å²) >= 11 is 0. The van der Waals surface area contributed by atoms with Crippen LogP contribution in [0.25, 0.3) is 33.1 Å². The van der Waals surface area contributed by atoms with Crippen LogP contribution >= 0.6 is 0 Å². The Morgan fingerprint density at radius 3 is 2.67 bits per heavy atom. The van der Waals surface area contributed by atoms with Crippen molar-refractivity contribution in [3.05, 3.63) is 84.3 Å². The molecule has 0 saturated carbocycles. The summed E-state index contributed by atoms with van der Waals surface area (Å²) in [6, 6.07) is 19.5. The predicted molar refractivity (Wildman–Crippen MR) is 128 cm³/mol. The number of halogens is 1. The molecular weight excluding hydrogens is 439 g/mol. The Bertz CT molecular complexity index is 1630. The molecule has 0 atom stereocenters. The van der Waals surface area contributed by atoms with Crippen LogP contribution in [0.1, 0.15) is 5.56 Å². The highest BCUT2D eigenvalue weighted by Gasteiger charge is 2.15. The van der Waals surface area contributed by atoms with Gasteiger partial charge in [-0.15, -0.1) is 0 Å². The maximum atomic E-state index is 13.8. The standard InChI is InChI=1S/C25H21FN4O2S/c1-30-23-9-8-20(27-14-17-12-19(26)7-10-24(17)33(2,31)32)13-21(23)25(29-30)18-11-16-5-3-4-6-22(16)28-15-18/h3-13,15,27H,14H2,1-2H3. The van der Waals surface area contributed by atoms with Crippen molar-refractivity contribution in [2.75, 3.05) is 11.6 Å². The Hall–Kier alpha value is -3.78. The molecule has 6 nitrogen and oxygen atoms in total. The van der Waals surface area contributed by atoms with E-state index in [0.717, 1.165) is 51.1 Å². The number of pyridine rings is 1. The van der Waals surface area contributed by atoms with Gasteiger partial charge < -0.3 is 5.32 Å². The monoisotopic (exact) mass is 460 g/mol. The normalized spacial score (nSPS) is 11.8. The second-order valence-electron chi connectivity index (χ2n) is 8.00. The van der Waals surface area contributed by atoms with Crippen LogP contribution in [-0.2, 0) is 23.4 Å². The summed E-state index contributed by atoms with van der Waals surface area (Å²) in [6.07, 6.45) is 2.94. The molecular formula is C25H21FN4O2S. The number of fused-ring (bicyclic) bond motifs is 2. The minimum atomic E-state index is -3.47. The highest BCUT2D eigenvalue weighted by molar-refractivity contribution is 7.90. The van der Waals surface area contributed by atoms with Crippen LogP contribution in [-0.4, -0.2) is 29.4 Å². The van der Waals surface area contributed by atoms with Crippen LogP contribution in [0.5, 0.6) is 0 Å². The van der Waals surface area contributed by atoms with Crippen molar-refractivity contribution in [3.8, 4) is 11.3 Å². The molecule has 0 radical (unpaired) electrons. The SMILES string of the molecule is Cn1nc(-c2cnc3ccccc3c2)c2cc(NCc3cc(F)ccc3S(C)(=O)=O)ccc21. The molecule has 0 fully saturated rings. The Morgan fingerprint density at radius 2 is 1.85 bits per heavy atom. The van der Waals surface area contributed by atoms with E-state index in [1.54, 1.807) is 0 Å². The molecule has 0 amide bonds. The Balaban J connectivity index is 1.52. The predicted octanol–water partition coefficient (Wildman–Crippen LogP) is 4.94. The van der Waals surface area contributed by atoms with Gasteiger partial charge in [0.2, 0.25) is 0 Å². The minimum Gasteiger partial charge on any atom is -0.381 e. The lowest BCUT2D eigenvalue weighted by Gasteiger charge is -2.11. The second kappa shape index (κ2) is 7.97. The lowest BCUT2D eigenvalue weighted by atomic mass is 10.1. The Kier molecular flexibility index (Phi) is 5.09. The van der Waals surface area contributed by atoms with Crippen LogP contribution in [0.4, 0.5) is 10.1 Å². The van der Waals surface area contributed by atoms with Crippen molar-refractivity contribution < 1.29 is 12.8 Å². The van der Waals surface area contributed by atoms with Crippen LogP contribution in [0.3, 0.4) is 0 Å². The molecule has 0 unspecified atom stereocenters. The van der Waals surface area contributed by atoms with Gasteiger partial charge in [-0.3, -0.25) is 9.67 Å². The van der Waals surface area contributed by atoms with Crippen molar-refractivity contribution in [2.24, 2.45) is 7.05 Å². The first kappa shape index (κ1) is 21.1. The van der Waals surface area contributed by atoms with E-state index in [0.29, 0.717) is 5.56 Å². The molecule has 33 heavy (non-hydrogen) atoms. The van der Waals surface area contributed by atoms with Gasteiger partial charge in [-0.2, -0.15) is 5.10 Å². The van der Waals surface area contributed by atoms with Crippen molar-refractivity contribution in [1.82, 2.24) is 14.8 Å². The molecule has 5 rings (SSSR count). The molecule has 0 aliphatic heterocycles. The first-order chi connectivity index (χ1) is 15.8. The average molecular weight is 461 g/mol. The summed E-state index contributed by atoms with van der Waals surface area (Å²) in [5.74, 6) is -0.479. The van der Waals surface area contributed by atoms with Crippen molar-refractivity contribution in [3.63, 3.8) is 0 Å². The van der Waals surface area contributed by atoms with E-state index in [1.165, 1.54) is 12.1 Å². The molecule has 0 bridgehead atoms. The number of aromatic nitrogens is 3. The summed E-state index contributed by atoms with van der Waals surface area (Å²) in [5, 5.41) is 9.89. The van der Waals surface area contributed by atoms with Crippen LogP contribution in [0.2, 0.25) is 0 Å². The van der Waals surface area contributed by atoms with Gasteiger partial charge in [0.05, 0.1) is 15.9 Å². The quantitative estimate of drug-likeness (QED) is 0.376. The van der Waals surface area contributed by atoms with Crippen LogP contribution in [0.15, 0.2) is 77.8 Å². The smallest absolute Gasteiger partial charge is 0.175 e. The molecule has 3 aromatic carbocycles. The zero-order chi connectivity index (χ0) is 23.2. The molecule has 2 aromatic heterocycles. The molecule has 1 N–H and O–H groups in total.